The van der Waals surface area contributed by atoms with Gasteiger partial charge in [-0.05, 0) is 26.0 Å². The Balaban J connectivity index is 1.90. The highest BCUT2D eigenvalue weighted by molar-refractivity contribution is 7.89. The number of aromatic nitrogens is 1. The highest BCUT2D eigenvalue weighted by Crippen LogP contribution is 2.31. The molecule has 1 amide bonds. The first-order chi connectivity index (χ1) is 11.8. The van der Waals surface area contributed by atoms with E-state index >= 15 is 0 Å². The molecule has 2 heterocycles. The van der Waals surface area contributed by atoms with Crippen LogP contribution >= 0.6 is 0 Å². The Morgan fingerprint density at radius 2 is 2.00 bits per heavy atom. The topological polar surface area (TPSA) is 116 Å². The number of nitrogens with zero attached hydrogens (tertiary/aromatic N) is 2. The third-order valence-corrected chi connectivity index (χ3v) is 6.25. The van der Waals surface area contributed by atoms with Crippen molar-refractivity contribution in [1.82, 2.24) is 9.46 Å². The second-order valence-electron chi connectivity index (χ2n) is 5.93. The van der Waals surface area contributed by atoms with Gasteiger partial charge < -0.3 is 15.0 Å². The molecule has 0 saturated carbocycles. The number of sulfonamides is 1. The third kappa shape index (κ3) is 3.24. The molecule has 0 aliphatic carbocycles. The molecule has 9 heteroatoms. The number of aryl methyl sites for hydroxylation is 2. The molecule has 134 valence electrons. The van der Waals surface area contributed by atoms with Crippen LogP contribution in [0.4, 0.5) is 0 Å². The van der Waals surface area contributed by atoms with Crippen LogP contribution in [-0.4, -0.2) is 42.5 Å². The third-order valence-electron chi connectivity index (χ3n) is 4.13. The fourth-order valence-electron chi connectivity index (χ4n) is 3.03. The van der Waals surface area contributed by atoms with E-state index in [2.05, 4.69) is 5.16 Å². The highest BCUT2D eigenvalue weighted by atomic mass is 32.2. The van der Waals surface area contributed by atoms with Crippen molar-refractivity contribution < 1.29 is 22.5 Å². The van der Waals surface area contributed by atoms with Crippen molar-refractivity contribution in [1.29, 1.82) is 0 Å². The Morgan fingerprint density at radius 1 is 1.32 bits per heavy atom. The Kier molecular flexibility index (Phi) is 4.53. The molecule has 1 saturated heterocycles. The monoisotopic (exact) mass is 365 g/mol. The average Bonchev–Trinajstić information content (AvgIpc) is 3.13. The van der Waals surface area contributed by atoms with Crippen molar-refractivity contribution >= 4 is 15.9 Å². The largest absolute Gasteiger partial charge is 0.489 e. The minimum Gasteiger partial charge on any atom is -0.489 e. The predicted molar refractivity (Wildman–Crippen MR) is 88.3 cm³/mol. The van der Waals surface area contributed by atoms with Crippen LogP contribution in [0.1, 0.15) is 17.9 Å². The molecule has 1 aromatic heterocycles. The van der Waals surface area contributed by atoms with Crippen molar-refractivity contribution in [2.24, 2.45) is 5.73 Å². The Bertz CT molecular complexity index is 859. The second-order valence-corrected chi connectivity index (χ2v) is 7.76. The van der Waals surface area contributed by atoms with Gasteiger partial charge in [0.25, 0.3) is 0 Å². The van der Waals surface area contributed by atoms with Crippen LogP contribution in [0.3, 0.4) is 0 Å². The van der Waals surface area contributed by atoms with E-state index in [1.165, 1.54) is 13.8 Å². The van der Waals surface area contributed by atoms with Gasteiger partial charge in [0.05, 0.1) is 6.54 Å². The zero-order valence-electron chi connectivity index (χ0n) is 13.9. The number of amides is 1. The molecule has 0 bridgehead atoms. The van der Waals surface area contributed by atoms with Gasteiger partial charge in [-0.3, -0.25) is 4.79 Å². The first-order valence-corrected chi connectivity index (χ1v) is 9.20. The number of carbonyl (C=O) groups is 1. The van der Waals surface area contributed by atoms with Gasteiger partial charge in [0.15, 0.2) is 5.76 Å². The van der Waals surface area contributed by atoms with Crippen LogP contribution in [0.25, 0.3) is 0 Å². The molecule has 0 radical (unpaired) electrons. The van der Waals surface area contributed by atoms with E-state index in [0.717, 1.165) is 4.31 Å². The first-order valence-electron chi connectivity index (χ1n) is 7.76. The maximum atomic E-state index is 13.0. The number of benzene rings is 1. The van der Waals surface area contributed by atoms with Gasteiger partial charge >= 0.3 is 0 Å². The number of ether oxygens (including phenoxy) is 1. The van der Waals surface area contributed by atoms with Gasteiger partial charge in [-0.25, -0.2) is 8.42 Å². The maximum absolute atomic E-state index is 13.0. The number of hydrogen-bond acceptors (Lipinski definition) is 6. The molecule has 2 aromatic rings. The fourth-order valence-corrected chi connectivity index (χ4v) is 4.96. The van der Waals surface area contributed by atoms with Crippen LogP contribution in [0.5, 0.6) is 5.75 Å². The quantitative estimate of drug-likeness (QED) is 0.845. The fraction of sp³-hybridized carbons (Fsp3) is 0.375. The number of primary amides is 1. The molecule has 0 spiro atoms. The molecule has 8 nitrogen and oxygen atoms in total. The van der Waals surface area contributed by atoms with E-state index < -0.39 is 28.1 Å². The molecular weight excluding hydrogens is 346 g/mol. The number of hydrogen-bond donors (Lipinski definition) is 1. The SMILES string of the molecule is Cc1noc(C)c1S(=O)(=O)N1C[C@@H](Oc2ccccc2)C[C@H]1C(N)=O. The van der Waals surface area contributed by atoms with Gasteiger partial charge in [-0.15, -0.1) is 0 Å². The number of rotatable bonds is 5. The zero-order valence-corrected chi connectivity index (χ0v) is 14.7. The molecule has 1 aromatic carbocycles. The predicted octanol–water partition coefficient (Wildman–Crippen LogP) is 0.987. The lowest BCUT2D eigenvalue weighted by Crippen LogP contribution is -2.43. The summed E-state index contributed by atoms with van der Waals surface area (Å²) < 4.78 is 37.9. The molecule has 1 fully saturated rings. The summed E-state index contributed by atoms with van der Waals surface area (Å²) in [5.74, 6) is 0.0648. The van der Waals surface area contributed by atoms with Crippen LogP contribution < -0.4 is 10.5 Å². The van der Waals surface area contributed by atoms with Crippen molar-refractivity contribution in [2.45, 2.75) is 37.3 Å². The van der Waals surface area contributed by atoms with E-state index in [4.69, 9.17) is 15.0 Å². The Morgan fingerprint density at radius 3 is 2.56 bits per heavy atom. The summed E-state index contributed by atoms with van der Waals surface area (Å²) in [5, 5.41) is 3.68. The Labute approximate surface area is 145 Å². The van der Waals surface area contributed by atoms with Gasteiger partial charge in [-0.1, -0.05) is 23.4 Å². The van der Waals surface area contributed by atoms with Crippen LogP contribution in [0, 0.1) is 13.8 Å². The van der Waals surface area contributed by atoms with Crippen molar-refractivity contribution in [3.8, 4) is 5.75 Å². The Hall–Kier alpha value is -2.39. The van der Waals surface area contributed by atoms with Crippen LogP contribution in [0.2, 0.25) is 0 Å². The lowest BCUT2D eigenvalue weighted by molar-refractivity contribution is -0.121. The zero-order chi connectivity index (χ0) is 18.2. The van der Waals surface area contributed by atoms with Crippen molar-refractivity contribution in [3.63, 3.8) is 0 Å². The molecule has 2 N–H and O–H groups in total. The van der Waals surface area contributed by atoms with E-state index in [9.17, 15) is 13.2 Å². The molecule has 3 rings (SSSR count). The minimum absolute atomic E-state index is 0.0227. The number of para-hydroxylation sites is 1. The van der Waals surface area contributed by atoms with Crippen LogP contribution in [0.15, 0.2) is 39.8 Å². The summed E-state index contributed by atoms with van der Waals surface area (Å²) in [6, 6.07) is 8.03. The lowest BCUT2D eigenvalue weighted by Gasteiger charge is -2.21. The normalized spacial score (nSPS) is 21.4. The summed E-state index contributed by atoms with van der Waals surface area (Å²) >= 11 is 0. The molecule has 1 aliphatic heterocycles. The highest BCUT2D eigenvalue weighted by Gasteiger charge is 2.45. The number of nitrogens with two attached hydrogens (primary N) is 1. The van der Waals surface area contributed by atoms with Gasteiger partial charge in [0, 0.05) is 6.42 Å². The van der Waals surface area contributed by atoms with Gasteiger partial charge in [0.2, 0.25) is 15.9 Å². The van der Waals surface area contributed by atoms with Crippen molar-refractivity contribution in [2.75, 3.05) is 6.54 Å². The van der Waals surface area contributed by atoms with Crippen molar-refractivity contribution in [3.05, 3.63) is 41.8 Å². The van der Waals surface area contributed by atoms with E-state index in [-0.39, 0.29) is 29.3 Å². The summed E-state index contributed by atoms with van der Waals surface area (Å²) in [7, 11) is -3.98. The van der Waals surface area contributed by atoms with E-state index in [1.807, 2.05) is 18.2 Å². The minimum atomic E-state index is -3.98. The second kappa shape index (κ2) is 6.49. The number of carbonyl (C=O) groups excluding carboxylic acids is 1. The van der Waals surface area contributed by atoms with E-state index in [0.29, 0.717) is 5.75 Å². The molecule has 25 heavy (non-hydrogen) atoms. The molecule has 0 unspecified atom stereocenters. The average molecular weight is 365 g/mol. The van der Waals surface area contributed by atoms with Gasteiger partial charge in [0.1, 0.15) is 28.5 Å². The summed E-state index contributed by atoms with van der Waals surface area (Å²) in [4.78, 5) is 11.8. The summed E-state index contributed by atoms with van der Waals surface area (Å²) in [6.07, 6.45) is -0.289. The van der Waals surface area contributed by atoms with Crippen LogP contribution in [-0.2, 0) is 14.8 Å². The first kappa shape index (κ1) is 17.4. The summed E-state index contributed by atoms with van der Waals surface area (Å²) in [5.41, 5.74) is 5.67. The standard InChI is InChI=1S/C16H19N3O5S/c1-10-15(11(2)24-18-10)25(21,22)19-9-13(8-14(19)16(17)20)23-12-6-4-3-5-7-12/h3-7,13-14H,8-9H2,1-2H3,(H2,17,20)/t13-,14-/m0/s1. The lowest BCUT2D eigenvalue weighted by atomic mass is 10.2. The summed E-state index contributed by atoms with van der Waals surface area (Å²) in [6.45, 7) is 3.08. The smallest absolute Gasteiger partial charge is 0.249 e. The molecule has 2 atom stereocenters. The maximum Gasteiger partial charge on any atom is 0.249 e. The molecular formula is C16H19N3O5S. The van der Waals surface area contributed by atoms with Gasteiger partial charge in [-0.2, -0.15) is 4.31 Å². The van der Waals surface area contributed by atoms with E-state index in [1.54, 1.807) is 12.1 Å². The molecule has 1 aliphatic rings.